The van der Waals surface area contributed by atoms with Crippen molar-refractivity contribution in [3.05, 3.63) is 0 Å². The summed E-state index contributed by atoms with van der Waals surface area (Å²) in [6.07, 6.45) is 8.13. The summed E-state index contributed by atoms with van der Waals surface area (Å²) >= 11 is 0. The summed E-state index contributed by atoms with van der Waals surface area (Å²) in [7, 11) is 4.54. The molecule has 1 aliphatic rings. The van der Waals surface area contributed by atoms with E-state index >= 15 is 0 Å². The van der Waals surface area contributed by atoms with Crippen molar-refractivity contribution in [1.82, 2.24) is 15.1 Å². The summed E-state index contributed by atoms with van der Waals surface area (Å²) in [6, 6.07) is 0. The molecular weight excluding hydrogens is 234 g/mol. The van der Waals surface area contributed by atoms with E-state index in [4.69, 9.17) is 0 Å². The molecule has 114 valence electrons. The van der Waals surface area contributed by atoms with Crippen LogP contribution in [0.3, 0.4) is 0 Å². The standard InChI is InChI=1S/C16H35N3/c1-4-10-17-11-7-5-6-8-12-18(2)14-16-9-13-19(3)15-16/h16-17H,4-15H2,1-3H3. The molecule has 1 atom stereocenters. The van der Waals surface area contributed by atoms with Gasteiger partial charge in [0.15, 0.2) is 0 Å². The number of nitrogens with zero attached hydrogens (tertiary/aromatic N) is 2. The molecule has 0 radical (unpaired) electrons. The van der Waals surface area contributed by atoms with Crippen LogP contribution in [0.25, 0.3) is 0 Å². The molecule has 1 saturated heterocycles. The van der Waals surface area contributed by atoms with E-state index in [0.717, 1.165) is 5.92 Å². The van der Waals surface area contributed by atoms with Gasteiger partial charge >= 0.3 is 0 Å². The fourth-order valence-electron chi connectivity index (χ4n) is 2.99. The summed E-state index contributed by atoms with van der Waals surface area (Å²) in [5.74, 6) is 0.910. The highest BCUT2D eigenvalue weighted by atomic mass is 15.1. The lowest BCUT2D eigenvalue weighted by Crippen LogP contribution is -2.28. The van der Waals surface area contributed by atoms with Crippen molar-refractivity contribution in [2.45, 2.75) is 45.4 Å². The molecule has 0 saturated carbocycles. The normalized spacial score (nSPS) is 20.5. The summed E-state index contributed by atoms with van der Waals surface area (Å²) in [6.45, 7) is 9.78. The third kappa shape index (κ3) is 8.61. The molecule has 0 amide bonds. The molecule has 1 fully saturated rings. The second-order valence-corrected chi connectivity index (χ2v) is 6.34. The number of rotatable bonds is 11. The highest BCUT2D eigenvalue weighted by Crippen LogP contribution is 2.15. The van der Waals surface area contributed by atoms with Crippen molar-refractivity contribution >= 4 is 0 Å². The van der Waals surface area contributed by atoms with E-state index in [1.165, 1.54) is 77.8 Å². The first-order valence-electron chi connectivity index (χ1n) is 8.30. The number of nitrogens with one attached hydrogen (secondary N) is 1. The van der Waals surface area contributed by atoms with Gasteiger partial charge in [0.2, 0.25) is 0 Å². The zero-order valence-electron chi connectivity index (χ0n) is 13.5. The van der Waals surface area contributed by atoms with Gasteiger partial charge in [-0.25, -0.2) is 0 Å². The van der Waals surface area contributed by atoms with Crippen LogP contribution in [0, 0.1) is 5.92 Å². The Bertz CT molecular complexity index is 208. The van der Waals surface area contributed by atoms with Crippen molar-refractivity contribution < 1.29 is 0 Å². The second kappa shape index (κ2) is 10.6. The zero-order valence-corrected chi connectivity index (χ0v) is 13.5. The van der Waals surface area contributed by atoms with Crippen LogP contribution in [0.4, 0.5) is 0 Å². The summed E-state index contributed by atoms with van der Waals surface area (Å²) in [5, 5.41) is 3.47. The molecule has 3 heteroatoms. The first-order valence-corrected chi connectivity index (χ1v) is 8.30. The van der Waals surface area contributed by atoms with Gasteiger partial charge in [0.25, 0.3) is 0 Å². The van der Waals surface area contributed by atoms with Crippen LogP contribution in [-0.2, 0) is 0 Å². The van der Waals surface area contributed by atoms with Crippen LogP contribution in [0.1, 0.15) is 45.4 Å². The highest BCUT2D eigenvalue weighted by molar-refractivity contribution is 4.75. The molecule has 1 heterocycles. The van der Waals surface area contributed by atoms with Crippen LogP contribution >= 0.6 is 0 Å². The van der Waals surface area contributed by atoms with E-state index in [0.29, 0.717) is 0 Å². The van der Waals surface area contributed by atoms with Crippen LogP contribution in [-0.4, -0.2) is 63.2 Å². The lowest BCUT2D eigenvalue weighted by molar-refractivity contribution is 0.268. The number of likely N-dealkylation sites (tertiary alicyclic amines) is 1. The van der Waals surface area contributed by atoms with Crippen LogP contribution in [0.5, 0.6) is 0 Å². The Hall–Kier alpha value is -0.120. The Labute approximate surface area is 120 Å². The topological polar surface area (TPSA) is 18.5 Å². The minimum Gasteiger partial charge on any atom is -0.317 e. The monoisotopic (exact) mass is 269 g/mol. The number of unbranched alkanes of at least 4 members (excludes halogenated alkanes) is 3. The van der Waals surface area contributed by atoms with E-state index in [1.807, 2.05) is 0 Å². The Kier molecular flexibility index (Phi) is 9.48. The molecule has 0 aliphatic carbocycles. The van der Waals surface area contributed by atoms with Crippen LogP contribution in [0.15, 0.2) is 0 Å². The minimum atomic E-state index is 0.910. The zero-order chi connectivity index (χ0) is 13.9. The van der Waals surface area contributed by atoms with E-state index in [-0.39, 0.29) is 0 Å². The Morgan fingerprint density at radius 2 is 1.95 bits per heavy atom. The average Bonchev–Trinajstić information content (AvgIpc) is 2.78. The molecule has 19 heavy (non-hydrogen) atoms. The Morgan fingerprint density at radius 1 is 1.16 bits per heavy atom. The highest BCUT2D eigenvalue weighted by Gasteiger charge is 2.20. The quantitative estimate of drug-likeness (QED) is 0.581. The lowest BCUT2D eigenvalue weighted by atomic mass is 10.1. The molecular formula is C16H35N3. The van der Waals surface area contributed by atoms with Crippen molar-refractivity contribution in [3.63, 3.8) is 0 Å². The molecule has 1 N–H and O–H groups in total. The average molecular weight is 269 g/mol. The van der Waals surface area contributed by atoms with Crippen molar-refractivity contribution in [3.8, 4) is 0 Å². The number of hydrogen-bond donors (Lipinski definition) is 1. The predicted octanol–water partition coefficient (Wildman–Crippen LogP) is 2.43. The van der Waals surface area contributed by atoms with Gasteiger partial charge in [-0.05, 0) is 71.9 Å². The van der Waals surface area contributed by atoms with Crippen LogP contribution < -0.4 is 5.32 Å². The third-order valence-corrected chi connectivity index (χ3v) is 4.13. The molecule has 0 aromatic heterocycles. The molecule has 0 aromatic rings. The van der Waals surface area contributed by atoms with E-state index < -0.39 is 0 Å². The van der Waals surface area contributed by atoms with Gasteiger partial charge in [-0.3, -0.25) is 0 Å². The van der Waals surface area contributed by atoms with Gasteiger partial charge in [-0.15, -0.1) is 0 Å². The molecule has 1 rings (SSSR count). The SMILES string of the molecule is CCCNCCCCCCN(C)CC1CCN(C)C1. The molecule has 1 unspecified atom stereocenters. The van der Waals surface area contributed by atoms with Crippen molar-refractivity contribution in [2.75, 3.05) is 53.4 Å². The predicted molar refractivity (Wildman–Crippen MR) is 84.7 cm³/mol. The van der Waals surface area contributed by atoms with Crippen molar-refractivity contribution in [1.29, 1.82) is 0 Å². The largest absolute Gasteiger partial charge is 0.317 e. The number of hydrogen-bond acceptors (Lipinski definition) is 3. The smallest absolute Gasteiger partial charge is 0.00193 e. The minimum absolute atomic E-state index is 0.910. The maximum atomic E-state index is 3.47. The second-order valence-electron chi connectivity index (χ2n) is 6.34. The fraction of sp³-hybridized carbons (Fsp3) is 1.00. The first-order chi connectivity index (χ1) is 9.22. The summed E-state index contributed by atoms with van der Waals surface area (Å²) in [4.78, 5) is 5.00. The van der Waals surface area contributed by atoms with Crippen molar-refractivity contribution in [2.24, 2.45) is 5.92 Å². The molecule has 0 aromatic carbocycles. The summed E-state index contributed by atoms with van der Waals surface area (Å²) in [5.41, 5.74) is 0. The van der Waals surface area contributed by atoms with Gasteiger partial charge in [-0.2, -0.15) is 0 Å². The lowest BCUT2D eigenvalue weighted by Gasteiger charge is -2.20. The molecule has 1 aliphatic heterocycles. The summed E-state index contributed by atoms with van der Waals surface area (Å²) < 4.78 is 0. The maximum absolute atomic E-state index is 3.47. The third-order valence-electron chi connectivity index (χ3n) is 4.13. The molecule has 0 bridgehead atoms. The van der Waals surface area contributed by atoms with Gasteiger partial charge in [-0.1, -0.05) is 19.8 Å². The molecule has 0 spiro atoms. The Balaban J connectivity index is 1.86. The first kappa shape index (κ1) is 16.9. The van der Waals surface area contributed by atoms with Gasteiger partial charge in [0.05, 0.1) is 0 Å². The van der Waals surface area contributed by atoms with Gasteiger partial charge in [0.1, 0.15) is 0 Å². The Morgan fingerprint density at radius 3 is 2.63 bits per heavy atom. The van der Waals surface area contributed by atoms with E-state index in [1.54, 1.807) is 0 Å². The van der Waals surface area contributed by atoms with Crippen LogP contribution in [0.2, 0.25) is 0 Å². The van der Waals surface area contributed by atoms with E-state index in [9.17, 15) is 0 Å². The molecule has 3 nitrogen and oxygen atoms in total. The maximum Gasteiger partial charge on any atom is 0.00193 e. The van der Waals surface area contributed by atoms with Gasteiger partial charge < -0.3 is 15.1 Å². The van der Waals surface area contributed by atoms with Gasteiger partial charge in [0, 0.05) is 13.1 Å². The van der Waals surface area contributed by atoms with E-state index in [2.05, 4.69) is 36.1 Å². The fourth-order valence-corrected chi connectivity index (χ4v) is 2.99.